The number of anilines is 1. The summed E-state index contributed by atoms with van der Waals surface area (Å²) >= 11 is 3.33. The fourth-order valence-corrected chi connectivity index (χ4v) is 2.07. The first-order valence-electron chi connectivity index (χ1n) is 7.13. The maximum Gasteiger partial charge on any atom is 0.417 e. The molecule has 0 heterocycles. The van der Waals surface area contributed by atoms with E-state index in [2.05, 4.69) is 21.2 Å². The molecular weight excluding hydrogens is 378 g/mol. The normalized spacial score (nSPS) is 10.5. The third kappa shape index (κ3) is 5.84. The zero-order valence-electron chi connectivity index (χ0n) is 13.3. The molecule has 128 valence electrons. The molecule has 0 radical (unpaired) electrons. The third-order valence-electron chi connectivity index (χ3n) is 3.02. The Balaban J connectivity index is 1.91. The highest BCUT2D eigenvalue weighted by Gasteiger charge is 2.09. The van der Waals surface area contributed by atoms with E-state index in [9.17, 15) is 4.79 Å². The van der Waals surface area contributed by atoms with Gasteiger partial charge in [0.05, 0.1) is 0 Å². The zero-order valence-corrected chi connectivity index (χ0v) is 14.9. The fraction of sp³-hybridized carbons (Fsp3) is 0.235. The SMILES string of the molecule is COC(COc1cccc(OC(=O)Nc2ccc(Br)cc2)c1)OC. The number of carbonyl (C=O) groups excluding carboxylic acids is 1. The van der Waals surface area contributed by atoms with Crippen LogP contribution in [0.3, 0.4) is 0 Å². The van der Waals surface area contributed by atoms with Gasteiger partial charge in [0.1, 0.15) is 18.1 Å². The predicted octanol–water partition coefficient (Wildman–Crippen LogP) is 4.06. The average Bonchev–Trinajstić information content (AvgIpc) is 2.58. The molecule has 0 aromatic heterocycles. The first kappa shape index (κ1) is 18.3. The molecule has 2 aromatic carbocycles. The van der Waals surface area contributed by atoms with Gasteiger partial charge in [0.15, 0.2) is 6.29 Å². The van der Waals surface area contributed by atoms with Crippen LogP contribution < -0.4 is 14.8 Å². The second-order valence-corrected chi connectivity index (χ2v) is 5.62. The molecule has 24 heavy (non-hydrogen) atoms. The summed E-state index contributed by atoms with van der Waals surface area (Å²) in [5.74, 6) is 0.913. The van der Waals surface area contributed by atoms with Crippen molar-refractivity contribution in [1.82, 2.24) is 0 Å². The second-order valence-electron chi connectivity index (χ2n) is 4.71. The Morgan fingerprint density at radius 1 is 1.08 bits per heavy atom. The number of hydrogen-bond donors (Lipinski definition) is 1. The van der Waals surface area contributed by atoms with Gasteiger partial charge < -0.3 is 18.9 Å². The molecule has 0 spiro atoms. The first-order chi connectivity index (χ1) is 11.6. The van der Waals surface area contributed by atoms with Crippen LogP contribution in [-0.2, 0) is 9.47 Å². The summed E-state index contributed by atoms with van der Waals surface area (Å²) in [4.78, 5) is 11.9. The largest absolute Gasteiger partial charge is 0.488 e. The Hall–Kier alpha value is -2.09. The highest BCUT2D eigenvalue weighted by molar-refractivity contribution is 9.10. The van der Waals surface area contributed by atoms with Gasteiger partial charge >= 0.3 is 6.09 Å². The van der Waals surface area contributed by atoms with Crippen LogP contribution in [-0.4, -0.2) is 33.2 Å². The maximum atomic E-state index is 11.9. The molecule has 6 nitrogen and oxygen atoms in total. The van der Waals surface area contributed by atoms with Gasteiger partial charge in [-0.3, -0.25) is 5.32 Å². The van der Waals surface area contributed by atoms with E-state index in [-0.39, 0.29) is 6.61 Å². The number of halogens is 1. The van der Waals surface area contributed by atoms with Crippen LogP contribution in [0.2, 0.25) is 0 Å². The molecule has 7 heteroatoms. The molecule has 0 bridgehead atoms. The Morgan fingerprint density at radius 3 is 2.42 bits per heavy atom. The summed E-state index contributed by atoms with van der Waals surface area (Å²) in [5.41, 5.74) is 0.638. The Morgan fingerprint density at radius 2 is 1.75 bits per heavy atom. The van der Waals surface area contributed by atoms with Crippen LogP contribution >= 0.6 is 15.9 Å². The van der Waals surface area contributed by atoms with Crippen molar-refractivity contribution in [2.45, 2.75) is 6.29 Å². The minimum atomic E-state index is -0.582. The van der Waals surface area contributed by atoms with E-state index < -0.39 is 12.4 Å². The molecule has 0 aliphatic carbocycles. The van der Waals surface area contributed by atoms with E-state index in [0.29, 0.717) is 17.2 Å². The molecular formula is C17H18BrNO5. The fourth-order valence-electron chi connectivity index (χ4n) is 1.81. The van der Waals surface area contributed by atoms with Gasteiger partial charge in [-0.2, -0.15) is 0 Å². The van der Waals surface area contributed by atoms with Crippen LogP contribution in [0.1, 0.15) is 0 Å². The van der Waals surface area contributed by atoms with Crippen molar-refractivity contribution in [1.29, 1.82) is 0 Å². The van der Waals surface area contributed by atoms with E-state index in [1.165, 1.54) is 14.2 Å². The highest BCUT2D eigenvalue weighted by Crippen LogP contribution is 2.21. The predicted molar refractivity (Wildman–Crippen MR) is 93.5 cm³/mol. The van der Waals surface area contributed by atoms with Crippen LogP contribution in [0, 0.1) is 0 Å². The van der Waals surface area contributed by atoms with Crippen molar-refractivity contribution in [3.63, 3.8) is 0 Å². The van der Waals surface area contributed by atoms with E-state index >= 15 is 0 Å². The number of nitrogens with one attached hydrogen (secondary N) is 1. The molecule has 0 unspecified atom stereocenters. The number of ether oxygens (including phenoxy) is 4. The van der Waals surface area contributed by atoms with Crippen molar-refractivity contribution >= 4 is 27.7 Å². The number of benzene rings is 2. The number of rotatable bonds is 7. The minimum absolute atomic E-state index is 0.224. The molecule has 1 N–H and O–H groups in total. The molecule has 0 saturated heterocycles. The molecule has 2 rings (SSSR count). The van der Waals surface area contributed by atoms with Crippen LogP contribution in [0.4, 0.5) is 10.5 Å². The summed E-state index contributed by atoms with van der Waals surface area (Å²) < 4.78 is 21.8. The van der Waals surface area contributed by atoms with Gasteiger partial charge in [-0.25, -0.2) is 4.79 Å². The molecule has 0 aliphatic heterocycles. The van der Waals surface area contributed by atoms with Gasteiger partial charge in [-0.05, 0) is 36.4 Å². The van der Waals surface area contributed by atoms with Crippen LogP contribution in [0.25, 0.3) is 0 Å². The van der Waals surface area contributed by atoms with E-state index in [0.717, 1.165) is 4.47 Å². The van der Waals surface area contributed by atoms with Gasteiger partial charge in [-0.15, -0.1) is 0 Å². The summed E-state index contributed by atoms with van der Waals surface area (Å²) in [6.07, 6.45) is -1.04. The number of methoxy groups -OCH3 is 2. The smallest absolute Gasteiger partial charge is 0.417 e. The highest BCUT2D eigenvalue weighted by atomic mass is 79.9. The van der Waals surface area contributed by atoms with Crippen molar-refractivity contribution in [3.8, 4) is 11.5 Å². The summed E-state index contributed by atoms with van der Waals surface area (Å²) in [7, 11) is 3.06. The van der Waals surface area contributed by atoms with Crippen LogP contribution in [0.15, 0.2) is 53.0 Å². The van der Waals surface area contributed by atoms with E-state index in [1.54, 1.807) is 36.4 Å². The second kappa shape index (κ2) is 9.27. The standard InChI is InChI=1S/C17H18BrNO5/c1-21-16(22-2)11-23-14-4-3-5-15(10-14)24-17(20)19-13-8-6-12(18)7-9-13/h3-10,16H,11H2,1-2H3,(H,19,20). The molecule has 1 amide bonds. The summed E-state index contributed by atoms with van der Waals surface area (Å²) in [5, 5.41) is 2.64. The van der Waals surface area contributed by atoms with Gasteiger partial charge in [0, 0.05) is 30.4 Å². The lowest BCUT2D eigenvalue weighted by Gasteiger charge is -2.14. The number of amides is 1. The third-order valence-corrected chi connectivity index (χ3v) is 3.55. The molecule has 0 fully saturated rings. The van der Waals surface area contributed by atoms with Crippen molar-refractivity contribution < 1.29 is 23.7 Å². The molecule has 0 atom stereocenters. The molecule has 0 saturated carbocycles. The average molecular weight is 396 g/mol. The Labute approximate surface area is 148 Å². The molecule has 2 aromatic rings. The molecule has 0 aliphatic rings. The minimum Gasteiger partial charge on any atom is -0.488 e. The quantitative estimate of drug-likeness (QED) is 0.716. The van der Waals surface area contributed by atoms with Crippen LogP contribution in [0.5, 0.6) is 11.5 Å². The van der Waals surface area contributed by atoms with E-state index in [1.807, 2.05) is 12.1 Å². The summed E-state index contributed by atoms with van der Waals surface area (Å²) in [6, 6.07) is 13.9. The Bertz CT molecular complexity index is 658. The number of hydrogen-bond acceptors (Lipinski definition) is 5. The van der Waals surface area contributed by atoms with Crippen molar-refractivity contribution in [2.75, 3.05) is 26.1 Å². The number of carbonyl (C=O) groups is 1. The van der Waals surface area contributed by atoms with Crippen molar-refractivity contribution in [2.24, 2.45) is 0 Å². The topological polar surface area (TPSA) is 66.0 Å². The van der Waals surface area contributed by atoms with E-state index in [4.69, 9.17) is 18.9 Å². The first-order valence-corrected chi connectivity index (χ1v) is 7.93. The lowest BCUT2D eigenvalue weighted by Crippen LogP contribution is -2.22. The zero-order chi connectivity index (χ0) is 17.4. The van der Waals surface area contributed by atoms with Gasteiger partial charge in [-0.1, -0.05) is 22.0 Å². The monoisotopic (exact) mass is 395 g/mol. The van der Waals surface area contributed by atoms with Crippen molar-refractivity contribution in [3.05, 3.63) is 53.0 Å². The van der Waals surface area contributed by atoms with Gasteiger partial charge in [0.25, 0.3) is 0 Å². The van der Waals surface area contributed by atoms with Gasteiger partial charge in [0.2, 0.25) is 0 Å². The maximum absolute atomic E-state index is 11.9. The lowest BCUT2D eigenvalue weighted by molar-refractivity contribution is -0.121. The lowest BCUT2D eigenvalue weighted by atomic mass is 10.3. The summed E-state index contributed by atoms with van der Waals surface area (Å²) in [6.45, 7) is 0.224. The Kier molecular flexibility index (Phi) is 7.05.